The van der Waals surface area contributed by atoms with E-state index in [4.69, 9.17) is 25.4 Å². The summed E-state index contributed by atoms with van der Waals surface area (Å²) in [5.41, 5.74) is 15.8. The maximum absolute atomic E-state index is 15.0. The first-order chi connectivity index (χ1) is 16.5. The van der Waals surface area contributed by atoms with E-state index in [0.29, 0.717) is 35.4 Å². The number of pyridine rings is 1. The lowest BCUT2D eigenvalue weighted by Crippen LogP contribution is -2.07. The molecule has 7 nitrogen and oxygen atoms in total. The Morgan fingerprint density at radius 3 is 2.68 bits per heavy atom. The zero-order valence-corrected chi connectivity index (χ0v) is 18.8. The average molecular weight is 464 g/mol. The van der Waals surface area contributed by atoms with Gasteiger partial charge in [0.05, 0.1) is 18.6 Å². The standard InChI is InChI=1S/C26H26FN3O4/c1-16(31)32-8-5-19-3-2-17(13-28)12-24(19)34-15-18-10-20-6-9-33-26(20)22(11-18)21-4-7-30-23(14-29)25(21)27/h2-4,6-7,9-12H,5,8,13-15,28-29H2,1H3. The molecule has 0 amide bonds. The molecule has 0 aliphatic rings. The van der Waals surface area contributed by atoms with Gasteiger partial charge in [0.15, 0.2) is 5.82 Å². The van der Waals surface area contributed by atoms with Gasteiger partial charge in [0, 0.05) is 49.1 Å². The van der Waals surface area contributed by atoms with Crippen LogP contribution in [0.4, 0.5) is 4.39 Å². The fourth-order valence-electron chi connectivity index (χ4n) is 3.80. The number of esters is 1. The van der Waals surface area contributed by atoms with Crippen LogP contribution in [0.2, 0.25) is 0 Å². The van der Waals surface area contributed by atoms with Crippen LogP contribution in [0.5, 0.6) is 5.75 Å². The number of hydrogen-bond donors (Lipinski definition) is 2. The molecule has 0 saturated heterocycles. The third kappa shape index (κ3) is 5.08. The number of nitrogens with zero attached hydrogens (tertiary/aromatic N) is 1. The summed E-state index contributed by atoms with van der Waals surface area (Å²) in [6.45, 7) is 2.23. The topological polar surface area (TPSA) is 114 Å². The third-order valence-corrected chi connectivity index (χ3v) is 5.49. The van der Waals surface area contributed by atoms with Gasteiger partial charge in [0.1, 0.15) is 17.9 Å². The number of benzene rings is 2. The van der Waals surface area contributed by atoms with Crippen molar-refractivity contribution >= 4 is 16.9 Å². The molecule has 34 heavy (non-hydrogen) atoms. The Kier molecular flexibility index (Phi) is 7.20. The van der Waals surface area contributed by atoms with Crippen LogP contribution in [0.15, 0.2) is 59.3 Å². The first-order valence-electron chi connectivity index (χ1n) is 10.9. The van der Waals surface area contributed by atoms with Crippen molar-refractivity contribution < 1.29 is 23.1 Å². The molecular weight excluding hydrogens is 437 g/mol. The van der Waals surface area contributed by atoms with E-state index in [1.54, 1.807) is 12.3 Å². The minimum absolute atomic E-state index is 0.00260. The van der Waals surface area contributed by atoms with Crippen molar-refractivity contribution in [2.24, 2.45) is 11.5 Å². The Balaban J connectivity index is 1.65. The summed E-state index contributed by atoms with van der Waals surface area (Å²) in [6.07, 6.45) is 3.61. The predicted octanol–water partition coefficient (Wildman–Crippen LogP) is 4.24. The van der Waals surface area contributed by atoms with Gasteiger partial charge in [0.2, 0.25) is 0 Å². The Morgan fingerprint density at radius 2 is 1.91 bits per heavy atom. The molecule has 0 unspecified atom stereocenters. The fraction of sp³-hybridized carbons (Fsp3) is 0.231. The van der Waals surface area contributed by atoms with E-state index in [1.807, 2.05) is 36.4 Å². The maximum Gasteiger partial charge on any atom is 0.302 e. The normalized spacial score (nSPS) is 11.1. The van der Waals surface area contributed by atoms with Crippen molar-refractivity contribution in [3.8, 4) is 16.9 Å². The average Bonchev–Trinajstić information content (AvgIpc) is 3.31. The molecule has 2 aromatic heterocycles. The lowest BCUT2D eigenvalue weighted by Gasteiger charge is -2.14. The summed E-state index contributed by atoms with van der Waals surface area (Å²) in [4.78, 5) is 15.1. The molecular formula is C26H26FN3O4. The van der Waals surface area contributed by atoms with Crippen LogP contribution < -0.4 is 16.2 Å². The highest BCUT2D eigenvalue weighted by atomic mass is 19.1. The minimum Gasteiger partial charge on any atom is -0.489 e. The summed E-state index contributed by atoms with van der Waals surface area (Å²) in [5, 5.41) is 0.826. The van der Waals surface area contributed by atoms with Gasteiger partial charge < -0.3 is 25.4 Å². The highest BCUT2D eigenvalue weighted by Gasteiger charge is 2.16. The molecule has 4 aromatic rings. The van der Waals surface area contributed by atoms with E-state index in [1.165, 1.54) is 13.1 Å². The summed E-state index contributed by atoms with van der Waals surface area (Å²) >= 11 is 0. The molecule has 8 heteroatoms. The summed E-state index contributed by atoms with van der Waals surface area (Å²) in [7, 11) is 0. The Morgan fingerprint density at radius 1 is 1.06 bits per heavy atom. The van der Waals surface area contributed by atoms with Gasteiger partial charge >= 0.3 is 5.97 Å². The number of carbonyl (C=O) groups is 1. The first-order valence-corrected chi connectivity index (χ1v) is 10.9. The monoisotopic (exact) mass is 463 g/mol. The second kappa shape index (κ2) is 10.5. The molecule has 0 aliphatic carbocycles. The van der Waals surface area contributed by atoms with Gasteiger partial charge in [-0.15, -0.1) is 0 Å². The Labute approximate surface area is 196 Å². The number of ether oxygens (including phenoxy) is 2. The SMILES string of the molecule is CC(=O)OCCc1ccc(CN)cc1OCc1cc(-c2ccnc(CN)c2F)c2occc2c1. The number of halogens is 1. The molecule has 0 saturated carbocycles. The van der Waals surface area contributed by atoms with Crippen LogP contribution in [0.1, 0.15) is 29.3 Å². The predicted molar refractivity (Wildman–Crippen MR) is 126 cm³/mol. The highest BCUT2D eigenvalue weighted by Crippen LogP contribution is 2.34. The Hall–Kier alpha value is -3.75. The quantitative estimate of drug-likeness (QED) is 0.357. The van der Waals surface area contributed by atoms with Crippen molar-refractivity contribution in [2.45, 2.75) is 33.0 Å². The van der Waals surface area contributed by atoms with E-state index in [0.717, 1.165) is 22.1 Å². The molecule has 0 atom stereocenters. The Bertz CT molecular complexity index is 1320. The zero-order chi connectivity index (χ0) is 24.1. The van der Waals surface area contributed by atoms with E-state index in [9.17, 15) is 4.79 Å². The van der Waals surface area contributed by atoms with Crippen molar-refractivity contribution in [2.75, 3.05) is 6.61 Å². The fourth-order valence-corrected chi connectivity index (χ4v) is 3.80. The highest BCUT2D eigenvalue weighted by molar-refractivity contribution is 5.93. The molecule has 0 spiro atoms. The van der Waals surface area contributed by atoms with E-state index in [-0.39, 0.29) is 31.4 Å². The molecule has 2 aromatic carbocycles. The molecule has 0 fully saturated rings. The first kappa shape index (κ1) is 23.4. The number of fused-ring (bicyclic) bond motifs is 1. The number of nitrogens with two attached hydrogens (primary N) is 2. The van der Waals surface area contributed by atoms with Crippen molar-refractivity contribution in [3.05, 3.63) is 83.1 Å². The minimum atomic E-state index is -0.468. The number of hydrogen-bond acceptors (Lipinski definition) is 7. The molecule has 0 aliphatic heterocycles. The lowest BCUT2D eigenvalue weighted by molar-refractivity contribution is -0.140. The summed E-state index contributed by atoms with van der Waals surface area (Å²) in [6, 6.07) is 12.9. The molecule has 4 N–H and O–H groups in total. The van der Waals surface area contributed by atoms with Crippen LogP contribution >= 0.6 is 0 Å². The van der Waals surface area contributed by atoms with Gasteiger partial charge in [-0.1, -0.05) is 12.1 Å². The number of furan rings is 1. The number of aromatic nitrogens is 1. The number of carbonyl (C=O) groups excluding carboxylic acids is 1. The van der Waals surface area contributed by atoms with Crippen LogP contribution in [0.3, 0.4) is 0 Å². The van der Waals surface area contributed by atoms with Gasteiger partial charge in [-0.25, -0.2) is 4.39 Å². The molecule has 0 radical (unpaired) electrons. The van der Waals surface area contributed by atoms with Gasteiger partial charge in [0.25, 0.3) is 0 Å². The van der Waals surface area contributed by atoms with Crippen LogP contribution in [-0.4, -0.2) is 17.6 Å². The lowest BCUT2D eigenvalue weighted by atomic mass is 10.00. The van der Waals surface area contributed by atoms with Crippen molar-refractivity contribution in [3.63, 3.8) is 0 Å². The number of rotatable bonds is 9. The summed E-state index contributed by atoms with van der Waals surface area (Å²) in [5.74, 6) is -0.142. The second-order valence-electron chi connectivity index (χ2n) is 7.83. The second-order valence-corrected chi connectivity index (χ2v) is 7.83. The molecule has 0 bridgehead atoms. The van der Waals surface area contributed by atoms with E-state index in [2.05, 4.69) is 4.98 Å². The van der Waals surface area contributed by atoms with Crippen LogP contribution in [-0.2, 0) is 35.6 Å². The van der Waals surface area contributed by atoms with E-state index >= 15 is 4.39 Å². The summed E-state index contributed by atoms with van der Waals surface area (Å²) < 4.78 is 31.9. The van der Waals surface area contributed by atoms with Crippen LogP contribution in [0.25, 0.3) is 22.1 Å². The van der Waals surface area contributed by atoms with E-state index < -0.39 is 5.82 Å². The van der Waals surface area contributed by atoms with Gasteiger partial charge in [-0.2, -0.15) is 0 Å². The van der Waals surface area contributed by atoms with Gasteiger partial charge in [-0.05, 0) is 47.0 Å². The zero-order valence-electron chi connectivity index (χ0n) is 18.8. The van der Waals surface area contributed by atoms with Gasteiger partial charge in [-0.3, -0.25) is 9.78 Å². The molecule has 4 rings (SSSR count). The van der Waals surface area contributed by atoms with Crippen LogP contribution in [0, 0.1) is 5.82 Å². The largest absolute Gasteiger partial charge is 0.489 e. The molecule has 2 heterocycles. The third-order valence-electron chi connectivity index (χ3n) is 5.49. The smallest absolute Gasteiger partial charge is 0.302 e. The maximum atomic E-state index is 15.0. The van der Waals surface area contributed by atoms with Crippen molar-refractivity contribution in [1.29, 1.82) is 0 Å². The van der Waals surface area contributed by atoms with Crippen molar-refractivity contribution in [1.82, 2.24) is 4.98 Å². The molecule has 176 valence electrons.